The minimum absolute atomic E-state index is 0.0549. The van der Waals surface area contributed by atoms with Crippen molar-refractivity contribution in [2.24, 2.45) is 5.92 Å². The number of aromatic nitrogens is 1. The highest BCUT2D eigenvalue weighted by molar-refractivity contribution is 7.13. The van der Waals surface area contributed by atoms with Gasteiger partial charge in [-0.3, -0.25) is 14.4 Å². The fourth-order valence-electron chi connectivity index (χ4n) is 5.27. The fraction of sp³-hybridized carbons (Fsp3) is 0.520. The Morgan fingerprint density at radius 2 is 1.92 bits per heavy atom. The lowest BCUT2D eigenvalue weighted by atomic mass is 9.69. The van der Waals surface area contributed by atoms with E-state index in [9.17, 15) is 32.7 Å². The summed E-state index contributed by atoms with van der Waals surface area (Å²) in [4.78, 5) is 41.8. The number of rotatable bonds is 7. The van der Waals surface area contributed by atoms with E-state index in [1.165, 1.54) is 30.6 Å². The van der Waals surface area contributed by atoms with E-state index in [0.717, 1.165) is 18.2 Å². The molecule has 1 saturated carbocycles. The number of aliphatic hydroxyl groups is 1. The van der Waals surface area contributed by atoms with E-state index in [1.807, 2.05) is 0 Å². The van der Waals surface area contributed by atoms with E-state index in [-0.39, 0.29) is 23.9 Å². The number of thiazole rings is 1. The minimum atomic E-state index is -4.58. The molecule has 1 atom stereocenters. The van der Waals surface area contributed by atoms with Crippen molar-refractivity contribution in [1.82, 2.24) is 26.3 Å². The lowest BCUT2D eigenvalue weighted by molar-refractivity contribution is -0.137. The topological polar surface area (TPSA) is 132 Å². The third-order valence-corrected chi connectivity index (χ3v) is 8.58. The molecular formula is C25H30F3N5O4S. The number of nitrogens with one attached hydrogen (secondary N) is 4. The van der Waals surface area contributed by atoms with Gasteiger partial charge in [0.25, 0.3) is 11.8 Å². The Kier molecular flexibility index (Phi) is 8.09. The van der Waals surface area contributed by atoms with Crippen LogP contribution in [0.2, 0.25) is 0 Å². The number of halogens is 3. The average Bonchev–Trinajstić information content (AvgIpc) is 3.58. The number of carbonyl (C=O) groups is 3. The molecule has 2 fully saturated rings. The Bertz CT molecular complexity index is 1190. The second-order valence-corrected chi connectivity index (χ2v) is 10.8. The lowest BCUT2D eigenvalue weighted by Crippen LogP contribution is -2.58. The maximum atomic E-state index is 12.9. The Balaban J connectivity index is 1.36. The number of alkyl halides is 3. The van der Waals surface area contributed by atoms with Crippen molar-refractivity contribution in [2.45, 2.75) is 49.4 Å². The molecule has 0 spiro atoms. The summed E-state index contributed by atoms with van der Waals surface area (Å²) in [5.74, 6) is -1.42. The van der Waals surface area contributed by atoms with Gasteiger partial charge < -0.3 is 26.4 Å². The first kappa shape index (κ1) is 28.0. The van der Waals surface area contributed by atoms with Crippen LogP contribution in [-0.2, 0) is 16.6 Å². The van der Waals surface area contributed by atoms with Crippen molar-refractivity contribution in [3.63, 3.8) is 0 Å². The number of benzene rings is 1. The van der Waals surface area contributed by atoms with Gasteiger partial charge in [0.2, 0.25) is 5.91 Å². The summed E-state index contributed by atoms with van der Waals surface area (Å²) in [5.41, 5.74) is -2.84. The van der Waals surface area contributed by atoms with Gasteiger partial charge in [0.05, 0.1) is 23.8 Å². The van der Waals surface area contributed by atoms with Gasteiger partial charge in [-0.2, -0.15) is 13.2 Å². The summed E-state index contributed by atoms with van der Waals surface area (Å²) < 4.78 is 38.8. The fourth-order valence-corrected chi connectivity index (χ4v) is 6.28. The van der Waals surface area contributed by atoms with Gasteiger partial charge in [-0.15, -0.1) is 11.3 Å². The molecule has 1 aromatic heterocycles. The Labute approximate surface area is 221 Å². The normalized spacial score (nSPS) is 25.6. The maximum absolute atomic E-state index is 12.9. The summed E-state index contributed by atoms with van der Waals surface area (Å²) in [7, 11) is 1.53. The lowest BCUT2D eigenvalue weighted by Gasteiger charge is -2.44. The van der Waals surface area contributed by atoms with Crippen LogP contribution >= 0.6 is 11.3 Å². The highest BCUT2D eigenvalue weighted by Crippen LogP contribution is 2.45. The smallest absolute Gasteiger partial charge is 0.383 e. The summed E-state index contributed by atoms with van der Waals surface area (Å²) in [5, 5.41) is 23.0. The molecule has 0 radical (unpaired) electrons. The highest BCUT2D eigenvalue weighted by atomic mass is 32.1. The number of nitrogens with zero attached hydrogens (tertiary/aromatic N) is 1. The molecule has 2 aromatic rings. The average molecular weight is 554 g/mol. The zero-order chi connectivity index (χ0) is 27.6. The van der Waals surface area contributed by atoms with Crippen LogP contribution < -0.4 is 21.3 Å². The molecule has 1 aromatic carbocycles. The van der Waals surface area contributed by atoms with Gasteiger partial charge in [-0.05, 0) is 62.8 Å². The van der Waals surface area contributed by atoms with Gasteiger partial charge in [-0.1, -0.05) is 6.07 Å². The zero-order valence-electron chi connectivity index (χ0n) is 20.8. The molecule has 2 aliphatic rings. The van der Waals surface area contributed by atoms with Crippen molar-refractivity contribution >= 4 is 29.1 Å². The maximum Gasteiger partial charge on any atom is 0.416 e. The summed E-state index contributed by atoms with van der Waals surface area (Å²) in [6.07, 6.45) is -0.382. The van der Waals surface area contributed by atoms with Crippen molar-refractivity contribution in [3.05, 3.63) is 51.5 Å². The molecule has 206 valence electrons. The summed E-state index contributed by atoms with van der Waals surface area (Å²) >= 11 is 1.17. The van der Waals surface area contributed by atoms with Crippen LogP contribution in [-0.4, -0.2) is 60.0 Å². The Hall–Kier alpha value is -3.03. The molecule has 0 unspecified atom stereocenters. The van der Waals surface area contributed by atoms with E-state index >= 15 is 0 Å². The standard InChI is InChI=1S/C25H30F3N5O4S/c1-29-21(36)18-12-32-22(38-18)24(37)7-5-16(6-8-24)23(9-10-30-14-23)33-19(34)13-31-20(35)15-3-2-4-17(11-15)25(26,27)28/h2-4,11-12,16,30,37H,5-10,13-14H2,1H3,(H,29,36)(H,31,35)(H,33,34)/t16?,23-,24?/m0/s1. The number of hydrogen-bond acceptors (Lipinski definition) is 7. The molecule has 13 heteroatoms. The predicted molar refractivity (Wildman–Crippen MR) is 133 cm³/mol. The van der Waals surface area contributed by atoms with Crippen LogP contribution in [0.4, 0.5) is 13.2 Å². The number of hydrogen-bond donors (Lipinski definition) is 5. The van der Waals surface area contributed by atoms with Gasteiger partial charge in [0.15, 0.2) is 0 Å². The van der Waals surface area contributed by atoms with Gasteiger partial charge in [0, 0.05) is 19.2 Å². The minimum Gasteiger partial charge on any atom is -0.383 e. The monoisotopic (exact) mass is 553 g/mol. The SMILES string of the molecule is CNC(=O)c1cnc(C2(O)CCC([C@]3(NC(=O)CNC(=O)c4cccc(C(F)(F)F)c4)CCNC3)CC2)s1. The van der Waals surface area contributed by atoms with Crippen LogP contribution in [0.5, 0.6) is 0 Å². The molecule has 1 saturated heterocycles. The molecule has 0 bridgehead atoms. The first-order chi connectivity index (χ1) is 18.0. The summed E-state index contributed by atoms with van der Waals surface area (Å²) in [6, 6.07) is 4.03. The van der Waals surface area contributed by atoms with Crippen molar-refractivity contribution in [2.75, 3.05) is 26.7 Å². The van der Waals surface area contributed by atoms with E-state index < -0.39 is 34.7 Å². The third-order valence-electron chi connectivity index (χ3n) is 7.39. The van der Waals surface area contributed by atoms with Gasteiger partial charge in [-0.25, -0.2) is 4.98 Å². The van der Waals surface area contributed by atoms with Crippen LogP contribution in [0.25, 0.3) is 0 Å². The highest BCUT2D eigenvalue weighted by Gasteiger charge is 2.47. The molecule has 1 aliphatic heterocycles. The molecule has 3 amide bonds. The Morgan fingerprint density at radius 3 is 2.55 bits per heavy atom. The van der Waals surface area contributed by atoms with E-state index in [1.54, 1.807) is 0 Å². The van der Waals surface area contributed by atoms with Crippen LogP contribution in [0.3, 0.4) is 0 Å². The van der Waals surface area contributed by atoms with E-state index in [0.29, 0.717) is 55.1 Å². The zero-order valence-corrected chi connectivity index (χ0v) is 21.6. The molecule has 5 N–H and O–H groups in total. The number of carbonyl (C=O) groups excluding carboxylic acids is 3. The number of amides is 3. The summed E-state index contributed by atoms with van der Waals surface area (Å²) in [6.45, 7) is 0.843. The second kappa shape index (κ2) is 11.0. The van der Waals surface area contributed by atoms with E-state index in [2.05, 4.69) is 26.3 Å². The molecule has 2 heterocycles. The van der Waals surface area contributed by atoms with Crippen LogP contribution in [0, 0.1) is 5.92 Å². The first-order valence-corrected chi connectivity index (χ1v) is 13.2. The second-order valence-electron chi connectivity index (χ2n) is 9.81. The van der Waals surface area contributed by atoms with Crippen molar-refractivity contribution in [1.29, 1.82) is 0 Å². The largest absolute Gasteiger partial charge is 0.416 e. The molecular weight excluding hydrogens is 523 g/mol. The van der Waals surface area contributed by atoms with Gasteiger partial charge >= 0.3 is 6.18 Å². The van der Waals surface area contributed by atoms with Gasteiger partial charge in [0.1, 0.15) is 15.5 Å². The molecule has 4 rings (SSSR count). The van der Waals surface area contributed by atoms with Crippen molar-refractivity contribution in [3.8, 4) is 0 Å². The Morgan fingerprint density at radius 1 is 1.18 bits per heavy atom. The van der Waals surface area contributed by atoms with Crippen LogP contribution in [0.1, 0.15) is 62.7 Å². The quantitative estimate of drug-likeness (QED) is 0.357. The molecule has 9 nitrogen and oxygen atoms in total. The third kappa shape index (κ3) is 6.00. The first-order valence-electron chi connectivity index (χ1n) is 12.3. The molecule has 38 heavy (non-hydrogen) atoms. The predicted octanol–water partition coefficient (Wildman–Crippen LogP) is 2.18. The van der Waals surface area contributed by atoms with E-state index in [4.69, 9.17) is 0 Å². The van der Waals surface area contributed by atoms with Crippen LogP contribution in [0.15, 0.2) is 30.5 Å². The molecule has 1 aliphatic carbocycles. The van der Waals surface area contributed by atoms with Crippen molar-refractivity contribution < 1.29 is 32.7 Å².